The lowest BCUT2D eigenvalue weighted by atomic mass is 9.52. The lowest BCUT2D eigenvalue weighted by Gasteiger charge is -2.54. The minimum atomic E-state index is -2.71. The molecule has 0 heterocycles. The number of aromatic hydroxyl groups is 1. The van der Waals surface area contributed by atoms with Gasteiger partial charge in [-0.1, -0.05) is 0 Å². The van der Waals surface area contributed by atoms with Crippen LogP contribution in [0.5, 0.6) is 5.75 Å². The quantitative estimate of drug-likeness (QED) is 0.188. The summed E-state index contributed by atoms with van der Waals surface area (Å²) in [6.45, 7) is 0.931. The van der Waals surface area contributed by atoms with Gasteiger partial charge in [-0.3, -0.25) is 19.3 Å². The Morgan fingerprint density at radius 3 is 2.41 bits per heavy atom. The van der Waals surface area contributed by atoms with Crippen LogP contribution in [0, 0.1) is 11.3 Å². The Hall–Kier alpha value is -3.45. The number of ketones is 2. The fourth-order valence-corrected chi connectivity index (χ4v) is 6.57. The third kappa shape index (κ3) is 4.09. The van der Waals surface area contributed by atoms with E-state index in [2.05, 4.69) is 5.32 Å². The average Bonchev–Trinajstić information content (AvgIpc) is 2.83. The molecular formula is C27H36N4O8. The standard InChI is InChI=1S/C27H36N4O8/c1-30(2)15-6-7-16(32)17-13(15)10-26(12-29-8-9-39-5)11-14-20(31(3)4)22(34)18(25(28)37)23(35)27(14,38)24(36)19(26)21(17)33/h6-7,14,20,29,32,34,36,38H,8-12H2,1-5H3,(H2,28,37)/t14-,20-,26-,27+/m0/s1. The predicted molar refractivity (Wildman–Crippen MR) is 142 cm³/mol. The van der Waals surface area contributed by atoms with Crippen LogP contribution in [-0.2, 0) is 20.7 Å². The van der Waals surface area contributed by atoms with Crippen LogP contribution in [0.2, 0.25) is 0 Å². The lowest BCUT2D eigenvalue weighted by Crippen LogP contribution is -2.66. The van der Waals surface area contributed by atoms with Crippen molar-refractivity contribution in [2.24, 2.45) is 17.1 Å². The highest BCUT2D eigenvalue weighted by molar-refractivity contribution is 6.25. The smallest absolute Gasteiger partial charge is 0.255 e. The van der Waals surface area contributed by atoms with Gasteiger partial charge in [0.25, 0.3) is 5.91 Å². The first-order valence-electron chi connectivity index (χ1n) is 12.6. The number of carbonyl (C=O) groups excluding carboxylic acids is 3. The van der Waals surface area contributed by atoms with Gasteiger partial charge < -0.3 is 41.1 Å². The fourth-order valence-electron chi connectivity index (χ4n) is 6.57. The molecule has 3 aliphatic carbocycles. The number of aliphatic hydroxyl groups is 3. The van der Waals surface area contributed by atoms with Crippen molar-refractivity contribution in [3.8, 4) is 5.75 Å². The van der Waals surface area contributed by atoms with E-state index in [9.17, 15) is 34.8 Å². The topological polar surface area (TPSA) is 186 Å². The number of Topliss-reactive ketones (excluding diaryl/α,β-unsaturated/α-hetero) is 2. The number of rotatable bonds is 8. The minimum absolute atomic E-state index is 0.0265. The van der Waals surface area contributed by atoms with Crippen molar-refractivity contribution in [3.63, 3.8) is 0 Å². The number of fused-ring (bicyclic) bond motifs is 3. The molecule has 0 unspecified atom stereocenters. The summed E-state index contributed by atoms with van der Waals surface area (Å²) < 4.78 is 5.14. The number of nitrogens with two attached hydrogens (primary N) is 1. The van der Waals surface area contributed by atoms with Crippen molar-refractivity contribution in [1.82, 2.24) is 10.2 Å². The Labute approximate surface area is 226 Å². The Morgan fingerprint density at radius 1 is 1.18 bits per heavy atom. The van der Waals surface area contributed by atoms with Gasteiger partial charge in [0, 0.05) is 56.9 Å². The van der Waals surface area contributed by atoms with Gasteiger partial charge in [-0.2, -0.15) is 0 Å². The molecule has 1 aromatic carbocycles. The van der Waals surface area contributed by atoms with Gasteiger partial charge >= 0.3 is 0 Å². The SMILES string of the molecule is COCCNC[C@@]12Cc3c(N(C)C)ccc(O)c3C(=O)C1=C(O)[C@]1(O)C(=O)C(C(N)=O)=C(O)[C@@H](N(C)C)[C@@H]1C2. The molecule has 0 saturated heterocycles. The molecule has 4 rings (SSSR count). The molecule has 0 aromatic heterocycles. The normalized spacial score (nSPS) is 28.4. The summed E-state index contributed by atoms with van der Waals surface area (Å²) in [6.07, 6.45) is 0.144. The van der Waals surface area contributed by atoms with E-state index in [-0.39, 0.29) is 36.3 Å². The summed E-state index contributed by atoms with van der Waals surface area (Å²) in [6, 6.07) is 2.00. The summed E-state index contributed by atoms with van der Waals surface area (Å²) in [5, 5.41) is 48.7. The molecule has 12 nitrogen and oxygen atoms in total. The Balaban J connectivity index is 2.03. The number of anilines is 1. The van der Waals surface area contributed by atoms with E-state index in [1.165, 1.54) is 11.0 Å². The molecule has 39 heavy (non-hydrogen) atoms. The van der Waals surface area contributed by atoms with Crippen LogP contribution in [0.1, 0.15) is 22.3 Å². The molecule has 1 aromatic rings. The second-order valence-corrected chi connectivity index (χ2v) is 11.0. The van der Waals surface area contributed by atoms with Crippen LogP contribution >= 0.6 is 0 Å². The molecule has 7 N–H and O–H groups in total. The maximum atomic E-state index is 14.1. The fraction of sp³-hybridized carbons (Fsp3) is 0.519. The molecule has 0 fully saturated rings. The second-order valence-electron chi connectivity index (χ2n) is 11.0. The van der Waals surface area contributed by atoms with Crippen molar-refractivity contribution < 1.29 is 39.5 Å². The molecule has 3 aliphatic rings. The molecule has 0 bridgehead atoms. The second kappa shape index (κ2) is 9.94. The zero-order valence-electron chi connectivity index (χ0n) is 22.7. The van der Waals surface area contributed by atoms with Gasteiger partial charge in [0.1, 0.15) is 22.8 Å². The molecule has 212 valence electrons. The zero-order valence-corrected chi connectivity index (χ0v) is 22.7. The summed E-state index contributed by atoms with van der Waals surface area (Å²) in [4.78, 5) is 43.3. The highest BCUT2D eigenvalue weighted by Crippen LogP contribution is 2.58. The number of phenols is 1. The van der Waals surface area contributed by atoms with Crippen molar-refractivity contribution in [3.05, 3.63) is 45.9 Å². The number of amides is 1. The van der Waals surface area contributed by atoms with E-state index in [0.717, 1.165) is 0 Å². The largest absolute Gasteiger partial charge is 0.510 e. The van der Waals surface area contributed by atoms with E-state index in [4.69, 9.17) is 10.5 Å². The van der Waals surface area contributed by atoms with E-state index < -0.39 is 57.5 Å². The Bertz CT molecular complexity index is 1300. The van der Waals surface area contributed by atoms with Crippen molar-refractivity contribution in [2.45, 2.75) is 24.5 Å². The summed E-state index contributed by atoms with van der Waals surface area (Å²) in [7, 11) is 8.35. The number of primary amides is 1. The van der Waals surface area contributed by atoms with E-state index >= 15 is 0 Å². The average molecular weight is 545 g/mol. The number of ether oxygens (including phenoxy) is 1. The number of carbonyl (C=O) groups is 3. The molecule has 0 spiro atoms. The summed E-state index contributed by atoms with van der Waals surface area (Å²) in [5.74, 6) is -6.21. The number of benzene rings is 1. The zero-order chi connectivity index (χ0) is 29.0. The number of phenolic OH excluding ortho intramolecular Hbond substituents is 1. The molecule has 1 amide bonds. The third-order valence-electron chi connectivity index (χ3n) is 8.23. The number of hydrogen-bond donors (Lipinski definition) is 6. The van der Waals surface area contributed by atoms with Gasteiger partial charge in [-0.05, 0) is 44.6 Å². The number of nitrogens with one attached hydrogen (secondary N) is 1. The van der Waals surface area contributed by atoms with E-state index in [0.29, 0.717) is 24.4 Å². The Kier molecular flexibility index (Phi) is 7.28. The first kappa shape index (κ1) is 28.6. The third-order valence-corrected chi connectivity index (χ3v) is 8.23. The van der Waals surface area contributed by atoms with E-state index in [1.54, 1.807) is 41.4 Å². The van der Waals surface area contributed by atoms with Gasteiger partial charge in [0.15, 0.2) is 11.4 Å². The van der Waals surface area contributed by atoms with Crippen LogP contribution in [0.4, 0.5) is 5.69 Å². The molecule has 0 saturated carbocycles. The van der Waals surface area contributed by atoms with Gasteiger partial charge in [0.2, 0.25) is 5.78 Å². The Morgan fingerprint density at radius 2 is 1.85 bits per heavy atom. The number of hydrogen-bond acceptors (Lipinski definition) is 11. The highest BCUT2D eigenvalue weighted by atomic mass is 16.5. The van der Waals surface area contributed by atoms with Gasteiger partial charge in [0.05, 0.1) is 18.2 Å². The van der Waals surface area contributed by atoms with Crippen LogP contribution in [0.3, 0.4) is 0 Å². The number of methoxy groups -OCH3 is 1. The monoisotopic (exact) mass is 544 g/mol. The molecular weight excluding hydrogens is 508 g/mol. The van der Waals surface area contributed by atoms with Crippen molar-refractivity contribution in [2.75, 3.05) is 59.9 Å². The molecule has 12 heteroatoms. The first-order chi connectivity index (χ1) is 18.2. The molecule has 0 aliphatic heterocycles. The first-order valence-corrected chi connectivity index (χ1v) is 12.6. The lowest BCUT2D eigenvalue weighted by molar-refractivity contribution is -0.150. The summed E-state index contributed by atoms with van der Waals surface area (Å²) >= 11 is 0. The maximum Gasteiger partial charge on any atom is 0.255 e. The van der Waals surface area contributed by atoms with E-state index in [1.807, 2.05) is 4.90 Å². The molecule has 4 atom stereocenters. The summed E-state index contributed by atoms with van der Waals surface area (Å²) in [5.41, 5.74) is 1.72. The number of likely N-dealkylation sites (N-methyl/N-ethyl adjacent to an activating group) is 1. The highest BCUT2D eigenvalue weighted by Gasteiger charge is 2.66. The van der Waals surface area contributed by atoms with Crippen LogP contribution in [0.25, 0.3) is 0 Å². The maximum absolute atomic E-state index is 14.1. The number of nitrogens with zero attached hydrogens (tertiary/aromatic N) is 2. The predicted octanol–water partition coefficient (Wildman–Crippen LogP) is -0.207. The van der Waals surface area contributed by atoms with Crippen LogP contribution in [0.15, 0.2) is 34.8 Å². The van der Waals surface area contributed by atoms with Gasteiger partial charge in [-0.25, -0.2) is 0 Å². The van der Waals surface area contributed by atoms with Gasteiger partial charge in [-0.15, -0.1) is 0 Å². The minimum Gasteiger partial charge on any atom is -0.510 e. The number of aliphatic hydroxyl groups excluding tert-OH is 2. The van der Waals surface area contributed by atoms with Crippen molar-refractivity contribution in [1.29, 1.82) is 0 Å². The van der Waals surface area contributed by atoms with Crippen molar-refractivity contribution >= 4 is 23.2 Å². The van der Waals surface area contributed by atoms with Crippen LogP contribution in [-0.4, -0.2) is 109 Å². The molecule has 0 radical (unpaired) electrons. The van der Waals surface area contributed by atoms with Crippen LogP contribution < -0.4 is 16.0 Å².